The second kappa shape index (κ2) is 7.41. The van der Waals surface area contributed by atoms with Gasteiger partial charge in [-0.05, 0) is 37.5 Å². The van der Waals surface area contributed by atoms with E-state index < -0.39 is 0 Å². The quantitative estimate of drug-likeness (QED) is 0.850. The number of benzene rings is 1. The fourth-order valence-electron chi connectivity index (χ4n) is 2.49. The first-order chi connectivity index (χ1) is 10.1. The summed E-state index contributed by atoms with van der Waals surface area (Å²) >= 11 is 5.03. The Labute approximate surface area is 131 Å². The Morgan fingerprint density at radius 1 is 1.43 bits per heavy atom. The fourth-order valence-corrected chi connectivity index (χ4v) is 2.72. The molecule has 21 heavy (non-hydrogen) atoms. The molecule has 1 heterocycles. The number of ether oxygens (including phenoxy) is 1. The molecule has 1 fully saturated rings. The fraction of sp³-hybridized carbons (Fsp3) is 0.500. The van der Waals surface area contributed by atoms with E-state index in [-0.39, 0.29) is 11.8 Å². The van der Waals surface area contributed by atoms with Gasteiger partial charge in [0.15, 0.2) is 0 Å². The number of carbonyl (C=O) groups excluding carboxylic acids is 1. The number of piperidine rings is 1. The molecule has 2 rings (SSSR count). The third-order valence-electron chi connectivity index (χ3n) is 3.74. The summed E-state index contributed by atoms with van der Waals surface area (Å²) in [4.78, 5) is 14.9. The number of nitrogens with zero attached hydrogens (tertiary/aromatic N) is 1. The van der Waals surface area contributed by atoms with Crippen LogP contribution in [0.2, 0.25) is 0 Å². The predicted octanol–water partition coefficient (Wildman–Crippen LogP) is 2.61. The van der Waals surface area contributed by atoms with E-state index in [0.717, 1.165) is 25.0 Å². The zero-order chi connectivity index (χ0) is 15.2. The van der Waals surface area contributed by atoms with Gasteiger partial charge in [0, 0.05) is 24.6 Å². The van der Waals surface area contributed by atoms with Gasteiger partial charge in [-0.25, -0.2) is 0 Å². The van der Waals surface area contributed by atoms with Crippen LogP contribution in [0, 0.1) is 5.92 Å². The van der Waals surface area contributed by atoms with Crippen molar-refractivity contribution in [1.29, 1.82) is 0 Å². The average Bonchev–Trinajstić information content (AvgIpc) is 2.52. The molecule has 0 spiro atoms. The second-order valence-corrected chi connectivity index (χ2v) is 5.82. The molecule has 0 aliphatic carbocycles. The smallest absolute Gasteiger partial charge is 0.253 e. The van der Waals surface area contributed by atoms with Gasteiger partial charge in [-0.1, -0.05) is 25.2 Å². The van der Waals surface area contributed by atoms with Gasteiger partial charge in [0.25, 0.3) is 5.91 Å². The summed E-state index contributed by atoms with van der Waals surface area (Å²) in [6.45, 7) is 4.14. The molecule has 4 nitrogen and oxygen atoms in total. The SMILES string of the molecule is CCCOc1cccc(C(=O)N2CCC(C(N)=S)CC2)c1. The van der Waals surface area contributed by atoms with Gasteiger partial charge >= 0.3 is 0 Å². The first-order valence-corrected chi connectivity index (χ1v) is 7.84. The van der Waals surface area contributed by atoms with Crippen LogP contribution in [-0.2, 0) is 0 Å². The molecule has 1 saturated heterocycles. The molecule has 0 bridgehead atoms. The lowest BCUT2D eigenvalue weighted by atomic mass is 9.96. The first-order valence-electron chi connectivity index (χ1n) is 7.43. The summed E-state index contributed by atoms with van der Waals surface area (Å²) in [6.07, 6.45) is 2.66. The van der Waals surface area contributed by atoms with Crippen LogP contribution in [-0.4, -0.2) is 35.5 Å². The van der Waals surface area contributed by atoms with Crippen molar-refractivity contribution in [2.45, 2.75) is 26.2 Å². The van der Waals surface area contributed by atoms with Crippen molar-refractivity contribution in [3.8, 4) is 5.75 Å². The number of hydrogen-bond donors (Lipinski definition) is 1. The van der Waals surface area contributed by atoms with Crippen LogP contribution in [0.3, 0.4) is 0 Å². The van der Waals surface area contributed by atoms with E-state index >= 15 is 0 Å². The van der Waals surface area contributed by atoms with E-state index in [1.807, 2.05) is 29.2 Å². The number of carbonyl (C=O) groups is 1. The molecule has 1 aliphatic heterocycles. The van der Waals surface area contributed by atoms with Crippen LogP contribution in [0.15, 0.2) is 24.3 Å². The minimum absolute atomic E-state index is 0.0540. The number of amides is 1. The van der Waals surface area contributed by atoms with E-state index in [4.69, 9.17) is 22.7 Å². The minimum Gasteiger partial charge on any atom is -0.494 e. The number of rotatable bonds is 5. The van der Waals surface area contributed by atoms with Crippen LogP contribution < -0.4 is 10.5 Å². The van der Waals surface area contributed by atoms with Crippen molar-refractivity contribution < 1.29 is 9.53 Å². The van der Waals surface area contributed by atoms with Crippen LogP contribution in [0.25, 0.3) is 0 Å². The zero-order valence-corrected chi connectivity index (χ0v) is 13.2. The minimum atomic E-state index is 0.0540. The molecular weight excluding hydrogens is 284 g/mol. The summed E-state index contributed by atoms with van der Waals surface area (Å²) in [5.74, 6) is 1.07. The molecule has 1 aromatic rings. The molecule has 2 N–H and O–H groups in total. The molecule has 1 aliphatic rings. The Morgan fingerprint density at radius 2 is 2.14 bits per heavy atom. The van der Waals surface area contributed by atoms with Crippen molar-refractivity contribution in [1.82, 2.24) is 4.90 Å². The van der Waals surface area contributed by atoms with Crippen molar-refractivity contribution in [3.05, 3.63) is 29.8 Å². The Hall–Kier alpha value is -1.62. The Morgan fingerprint density at radius 3 is 2.76 bits per heavy atom. The predicted molar refractivity (Wildman–Crippen MR) is 87.6 cm³/mol. The molecule has 0 radical (unpaired) electrons. The third kappa shape index (κ3) is 4.17. The molecule has 0 saturated carbocycles. The molecule has 5 heteroatoms. The number of likely N-dealkylation sites (tertiary alicyclic amines) is 1. The topological polar surface area (TPSA) is 55.6 Å². The highest BCUT2D eigenvalue weighted by atomic mass is 32.1. The van der Waals surface area contributed by atoms with Crippen molar-refractivity contribution in [2.24, 2.45) is 11.7 Å². The Kier molecular flexibility index (Phi) is 5.56. The van der Waals surface area contributed by atoms with E-state index in [2.05, 4.69) is 6.92 Å². The summed E-state index contributed by atoms with van der Waals surface area (Å²) in [6, 6.07) is 7.39. The maximum Gasteiger partial charge on any atom is 0.253 e. The summed E-state index contributed by atoms with van der Waals surface area (Å²) in [7, 11) is 0. The van der Waals surface area contributed by atoms with Gasteiger partial charge in [0.2, 0.25) is 0 Å². The number of nitrogens with two attached hydrogens (primary N) is 1. The van der Waals surface area contributed by atoms with E-state index in [1.165, 1.54) is 0 Å². The lowest BCUT2D eigenvalue weighted by Crippen LogP contribution is -2.41. The van der Waals surface area contributed by atoms with E-state index in [0.29, 0.717) is 30.2 Å². The van der Waals surface area contributed by atoms with Crippen LogP contribution in [0.4, 0.5) is 0 Å². The van der Waals surface area contributed by atoms with Gasteiger partial charge in [0.1, 0.15) is 5.75 Å². The second-order valence-electron chi connectivity index (χ2n) is 5.35. The van der Waals surface area contributed by atoms with Gasteiger partial charge < -0.3 is 15.4 Å². The lowest BCUT2D eigenvalue weighted by Gasteiger charge is -2.31. The molecule has 1 amide bonds. The Bertz CT molecular complexity index is 511. The summed E-state index contributed by atoms with van der Waals surface area (Å²) < 4.78 is 5.58. The normalized spacial score (nSPS) is 15.8. The lowest BCUT2D eigenvalue weighted by molar-refractivity contribution is 0.0710. The highest BCUT2D eigenvalue weighted by Gasteiger charge is 2.25. The molecule has 0 atom stereocenters. The van der Waals surface area contributed by atoms with Gasteiger partial charge in [-0.2, -0.15) is 0 Å². The molecule has 0 unspecified atom stereocenters. The highest BCUT2D eigenvalue weighted by Crippen LogP contribution is 2.21. The van der Waals surface area contributed by atoms with Gasteiger partial charge in [-0.15, -0.1) is 0 Å². The molecule has 1 aromatic carbocycles. The molecular formula is C16H22N2O2S. The van der Waals surface area contributed by atoms with Crippen molar-refractivity contribution >= 4 is 23.1 Å². The Balaban J connectivity index is 1.99. The van der Waals surface area contributed by atoms with Gasteiger partial charge in [0.05, 0.1) is 11.6 Å². The maximum absolute atomic E-state index is 12.5. The summed E-state index contributed by atoms with van der Waals surface area (Å²) in [5, 5.41) is 0. The van der Waals surface area contributed by atoms with E-state index in [9.17, 15) is 4.79 Å². The molecule has 0 aromatic heterocycles. The third-order valence-corrected chi connectivity index (χ3v) is 4.07. The van der Waals surface area contributed by atoms with Crippen molar-refractivity contribution in [3.63, 3.8) is 0 Å². The van der Waals surface area contributed by atoms with Crippen LogP contribution in [0.5, 0.6) is 5.75 Å². The number of hydrogen-bond acceptors (Lipinski definition) is 3. The zero-order valence-electron chi connectivity index (χ0n) is 12.4. The van der Waals surface area contributed by atoms with Crippen LogP contribution >= 0.6 is 12.2 Å². The monoisotopic (exact) mass is 306 g/mol. The molecule has 114 valence electrons. The first kappa shape index (κ1) is 15.8. The standard InChI is InChI=1S/C16H22N2O2S/c1-2-10-20-14-5-3-4-13(11-14)16(19)18-8-6-12(7-9-18)15(17)21/h3-5,11-12H,2,6-10H2,1H3,(H2,17,21). The van der Waals surface area contributed by atoms with Crippen molar-refractivity contribution in [2.75, 3.05) is 19.7 Å². The largest absolute Gasteiger partial charge is 0.494 e. The highest BCUT2D eigenvalue weighted by molar-refractivity contribution is 7.80. The van der Waals surface area contributed by atoms with Gasteiger partial charge in [-0.3, -0.25) is 4.79 Å². The van der Waals surface area contributed by atoms with Crippen LogP contribution in [0.1, 0.15) is 36.5 Å². The number of thiocarbonyl (C=S) groups is 1. The average molecular weight is 306 g/mol. The maximum atomic E-state index is 12.5. The summed E-state index contributed by atoms with van der Waals surface area (Å²) in [5.41, 5.74) is 6.36. The van der Waals surface area contributed by atoms with E-state index in [1.54, 1.807) is 0 Å².